The number of rotatable bonds is 4. The number of nitrogens with one attached hydrogen (secondary N) is 3. The molecule has 0 aliphatic heterocycles. The molecule has 0 aliphatic carbocycles. The molecule has 0 spiro atoms. The minimum Gasteiger partial charge on any atom is -0.508 e. The van der Waals surface area contributed by atoms with E-state index >= 15 is 0 Å². The SMILES string of the molecule is O=C(NCc1cccc(O)c1)Nc1cc(-c2ccncc2)[nH]n1. The van der Waals surface area contributed by atoms with E-state index in [0.717, 1.165) is 16.8 Å². The zero-order chi connectivity index (χ0) is 16.1. The number of phenolic OH excluding ortho intramolecular Hbond substituents is 1. The summed E-state index contributed by atoms with van der Waals surface area (Å²) in [4.78, 5) is 15.8. The van der Waals surface area contributed by atoms with E-state index in [1.807, 2.05) is 18.2 Å². The molecule has 0 fully saturated rings. The van der Waals surface area contributed by atoms with Crippen molar-refractivity contribution in [3.63, 3.8) is 0 Å². The average Bonchev–Trinajstić information content (AvgIpc) is 3.02. The third-order valence-electron chi connectivity index (χ3n) is 3.17. The number of H-pyrrole nitrogens is 1. The predicted molar refractivity (Wildman–Crippen MR) is 85.8 cm³/mol. The Bertz CT molecular complexity index is 801. The molecule has 2 amide bonds. The fourth-order valence-corrected chi connectivity index (χ4v) is 2.07. The number of aromatic hydroxyl groups is 1. The van der Waals surface area contributed by atoms with Crippen LogP contribution in [0.25, 0.3) is 11.3 Å². The minimum atomic E-state index is -0.374. The number of urea groups is 1. The van der Waals surface area contributed by atoms with E-state index in [-0.39, 0.29) is 11.8 Å². The molecular weight excluding hydrogens is 294 g/mol. The van der Waals surface area contributed by atoms with Crippen LogP contribution in [0.3, 0.4) is 0 Å². The number of aromatic nitrogens is 3. The van der Waals surface area contributed by atoms with E-state index in [0.29, 0.717) is 12.4 Å². The van der Waals surface area contributed by atoms with Crippen molar-refractivity contribution in [2.45, 2.75) is 6.54 Å². The van der Waals surface area contributed by atoms with Crippen molar-refractivity contribution >= 4 is 11.8 Å². The second-order valence-corrected chi connectivity index (χ2v) is 4.88. The lowest BCUT2D eigenvalue weighted by atomic mass is 10.2. The van der Waals surface area contributed by atoms with E-state index in [4.69, 9.17) is 0 Å². The molecule has 7 nitrogen and oxygen atoms in total. The second-order valence-electron chi connectivity index (χ2n) is 4.88. The van der Waals surface area contributed by atoms with Gasteiger partial charge in [0.25, 0.3) is 0 Å². The maximum Gasteiger partial charge on any atom is 0.320 e. The highest BCUT2D eigenvalue weighted by Gasteiger charge is 2.07. The van der Waals surface area contributed by atoms with Gasteiger partial charge in [0.05, 0.1) is 5.69 Å². The molecule has 0 saturated carbocycles. The smallest absolute Gasteiger partial charge is 0.320 e. The summed E-state index contributed by atoms with van der Waals surface area (Å²) in [6, 6.07) is 11.8. The lowest BCUT2D eigenvalue weighted by Gasteiger charge is -2.05. The minimum absolute atomic E-state index is 0.166. The van der Waals surface area contributed by atoms with Gasteiger partial charge in [-0.3, -0.25) is 15.4 Å². The molecule has 3 rings (SSSR count). The standard InChI is InChI=1S/C16H15N5O2/c22-13-3-1-2-11(8-13)10-18-16(23)19-15-9-14(20-21-15)12-4-6-17-7-5-12/h1-9,22H,10H2,(H3,18,19,20,21,23). The fourth-order valence-electron chi connectivity index (χ4n) is 2.07. The Kier molecular flexibility index (Phi) is 4.19. The molecule has 0 saturated heterocycles. The molecule has 0 aliphatic rings. The lowest BCUT2D eigenvalue weighted by Crippen LogP contribution is -2.28. The zero-order valence-corrected chi connectivity index (χ0v) is 12.2. The van der Waals surface area contributed by atoms with E-state index < -0.39 is 0 Å². The number of aromatic amines is 1. The molecular formula is C16H15N5O2. The summed E-state index contributed by atoms with van der Waals surface area (Å²) in [5.41, 5.74) is 2.52. The van der Waals surface area contributed by atoms with Crippen molar-refractivity contribution < 1.29 is 9.90 Å². The highest BCUT2D eigenvalue weighted by molar-refractivity contribution is 5.88. The molecule has 116 valence electrons. The van der Waals surface area contributed by atoms with E-state index in [1.165, 1.54) is 0 Å². The Morgan fingerprint density at radius 3 is 2.78 bits per heavy atom. The Labute approximate surface area is 132 Å². The summed E-state index contributed by atoms with van der Waals surface area (Å²) >= 11 is 0. The van der Waals surface area contributed by atoms with Crippen LogP contribution >= 0.6 is 0 Å². The van der Waals surface area contributed by atoms with Crippen molar-refractivity contribution in [1.82, 2.24) is 20.5 Å². The highest BCUT2D eigenvalue weighted by atomic mass is 16.3. The summed E-state index contributed by atoms with van der Waals surface area (Å²) in [5, 5.41) is 21.6. The Morgan fingerprint density at radius 1 is 1.17 bits per heavy atom. The lowest BCUT2D eigenvalue weighted by molar-refractivity contribution is 0.251. The van der Waals surface area contributed by atoms with Gasteiger partial charge >= 0.3 is 6.03 Å². The molecule has 7 heteroatoms. The van der Waals surface area contributed by atoms with Crippen LogP contribution in [0.4, 0.5) is 10.6 Å². The summed E-state index contributed by atoms with van der Waals surface area (Å²) in [5.74, 6) is 0.587. The van der Waals surface area contributed by atoms with Crippen LogP contribution in [0.15, 0.2) is 54.9 Å². The summed E-state index contributed by atoms with van der Waals surface area (Å²) in [7, 11) is 0. The van der Waals surface area contributed by atoms with Crippen LogP contribution in [-0.2, 0) is 6.54 Å². The van der Waals surface area contributed by atoms with Gasteiger partial charge in [0, 0.05) is 30.6 Å². The Balaban J connectivity index is 1.57. The highest BCUT2D eigenvalue weighted by Crippen LogP contribution is 2.18. The fraction of sp³-hybridized carbons (Fsp3) is 0.0625. The van der Waals surface area contributed by atoms with Crippen molar-refractivity contribution in [2.24, 2.45) is 0 Å². The van der Waals surface area contributed by atoms with E-state index in [1.54, 1.807) is 36.7 Å². The molecule has 0 bridgehead atoms. The first-order valence-electron chi connectivity index (χ1n) is 6.99. The van der Waals surface area contributed by atoms with Crippen LogP contribution in [-0.4, -0.2) is 26.3 Å². The second kappa shape index (κ2) is 6.61. The van der Waals surface area contributed by atoms with Crippen molar-refractivity contribution in [1.29, 1.82) is 0 Å². The summed E-state index contributed by atoms with van der Waals surface area (Å²) < 4.78 is 0. The van der Waals surface area contributed by atoms with Crippen molar-refractivity contribution in [2.75, 3.05) is 5.32 Å². The van der Waals surface area contributed by atoms with Gasteiger partial charge in [0.1, 0.15) is 5.75 Å². The number of anilines is 1. The largest absolute Gasteiger partial charge is 0.508 e. The monoisotopic (exact) mass is 309 g/mol. The van der Waals surface area contributed by atoms with Gasteiger partial charge in [0.15, 0.2) is 5.82 Å². The maximum absolute atomic E-state index is 11.9. The first kappa shape index (κ1) is 14.6. The molecule has 0 unspecified atom stereocenters. The van der Waals surface area contributed by atoms with Crippen LogP contribution in [0.2, 0.25) is 0 Å². The molecule has 0 radical (unpaired) electrons. The van der Waals surface area contributed by atoms with E-state index in [2.05, 4.69) is 25.8 Å². The van der Waals surface area contributed by atoms with Crippen molar-refractivity contribution in [3.8, 4) is 17.0 Å². The number of phenols is 1. The number of nitrogens with zero attached hydrogens (tertiary/aromatic N) is 2. The van der Waals surface area contributed by atoms with E-state index in [9.17, 15) is 9.90 Å². The number of hydrogen-bond donors (Lipinski definition) is 4. The van der Waals surface area contributed by atoms with Crippen LogP contribution < -0.4 is 10.6 Å². The number of carbonyl (C=O) groups is 1. The Hall–Kier alpha value is -3.35. The van der Waals surface area contributed by atoms with Gasteiger partial charge in [0.2, 0.25) is 0 Å². The molecule has 2 heterocycles. The molecule has 3 aromatic rings. The third-order valence-corrected chi connectivity index (χ3v) is 3.17. The van der Waals surface area contributed by atoms with Crippen LogP contribution in [0, 0.1) is 0 Å². The number of pyridine rings is 1. The van der Waals surface area contributed by atoms with Crippen LogP contribution in [0.1, 0.15) is 5.56 Å². The molecule has 0 atom stereocenters. The molecule has 2 aromatic heterocycles. The number of amides is 2. The molecule has 23 heavy (non-hydrogen) atoms. The number of carbonyl (C=O) groups excluding carboxylic acids is 1. The molecule has 1 aromatic carbocycles. The van der Waals surface area contributed by atoms with Crippen LogP contribution in [0.5, 0.6) is 5.75 Å². The van der Waals surface area contributed by atoms with Crippen molar-refractivity contribution in [3.05, 3.63) is 60.4 Å². The Morgan fingerprint density at radius 2 is 2.00 bits per heavy atom. The van der Waals surface area contributed by atoms with Gasteiger partial charge in [-0.05, 0) is 29.8 Å². The first-order valence-corrected chi connectivity index (χ1v) is 6.99. The third kappa shape index (κ3) is 3.85. The molecule has 4 N–H and O–H groups in total. The maximum atomic E-state index is 11.9. The topological polar surface area (TPSA) is 103 Å². The average molecular weight is 309 g/mol. The summed E-state index contributed by atoms with van der Waals surface area (Å²) in [6.45, 7) is 0.307. The quantitative estimate of drug-likeness (QED) is 0.594. The van der Waals surface area contributed by atoms with Gasteiger partial charge in [-0.1, -0.05) is 12.1 Å². The zero-order valence-electron chi connectivity index (χ0n) is 12.2. The normalized spacial score (nSPS) is 10.3. The first-order chi connectivity index (χ1) is 11.2. The number of benzene rings is 1. The van der Waals surface area contributed by atoms with Gasteiger partial charge < -0.3 is 10.4 Å². The van der Waals surface area contributed by atoms with Gasteiger partial charge in [-0.2, -0.15) is 5.10 Å². The van der Waals surface area contributed by atoms with Gasteiger partial charge in [-0.15, -0.1) is 0 Å². The predicted octanol–water partition coefficient (Wildman–Crippen LogP) is 2.50. The summed E-state index contributed by atoms with van der Waals surface area (Å²) in [6.07, 6.45) is 3.37. The number of hydrogen-bond acceptors (Lipinski definition) is 4. The van der Waals surface area contributed by atoms with Gasteiger partial charge in [-0.25, -0.2) is 4.79 Å².